The van der Waals surface area contributed by atoms with E-state index in [1.165, 1.54) is 0 Å². The molecule has 92 valence electrons. The number of carbonyl (C=O) groups is 1. The first-order valence-corrected chi connectivity index (χ1v) is 5.99. The maximum Gasteiger partial charge on any atom is 0.255 e. The molecule has 0 atom stereocenters. The number of anilines is 1. The van der Waals surface area contributed by atoms with E-state index in [4.69, 9.17) is 0 Å². The molecule has 1 heterocycles. The van der Waals surface area contributed by atoms with Crippen molar-refractivity contribution in [3.8, 4) is 0 Å². The summed E-state index contributed by atoms with van der Waals surface area (Å²) in [5.74, 6) is 0.276. The van der Waals surface area contributed by atoms with Crippen LogP contribution in [0.4, 0.5) is 5.69 Å². The third-order valence-electron chi connectivity index (χ3n) is 2.67. The van der Waals surface area contributed by atoms with Crippen LogP contribution in [0.2, 0.25) is 0 Å². The van der Waals surface area contributed by atoms with Gasteiger partial charge in [0.25, 0.3) is 5.91 Å². The maximum absolute atomic E-state index is 11.9. The number of hydrogen-bond donors (Lipinski definition) is 1. The van der Waals surface area contributed by atoms with E-state index in [1.54, 1.807) is 18.3 Å². The molecule has 2 aromatic rings. The third kappa shape index (κ3) is 2.94. The van der Waals surface area contributed by atoms with E-state index >= 15 is 0 Å². The standard InChI is InChI=1S/C15H16N2O/c1-11(2)14-9-8-13(10-16-14)17-15(18)12-6-4-3-5-7-12/h3-11H,1-2H3,(H,17,18). The zero-order valence-electron chi connectivity index (χ0n) is 10.6. The van der Waals surface area contributed by atoms with E-state index in [0.717, 1.165) is 5.69 Å². The number of nitrogens with zero attached hydrogens (tertiary/aromatic N) is 1. The molecule has 3 nitrogen and oxygen atoms in total. The molecule has 0 aliphatic rings. The summed E-state index contributed by atoms with van der Waals surface area (Å²) in [5.41, 5.74) is 2.38. The number of benzene rings is 1. The average Bonchev–Trinajstić information content (AvgIpc) is 2.40. The van der Waals surface area contributed by atoms with Crippen molar-refractivity contribution in [3.63, 3.8) is 0 Å². The average molecular weight is 240 g/mol. The van der Waals surface area contributed by atoms with Gasteiger partial charge in [-0.05, 0) is 30.2 Å². The molecule has 0 radical (unpaired) electrons. The van der Waals surface area contributed by atoms with Crippen LogP contribution in [0.25, 0.3) is 0 Å². The summed E-state index contributed by atoms with van der Waals surface area (Å²) in [7, 11) is 0. The fourth-order valence-corrected chi connectivity index (χ4v) is 1.61. The molecule has 0 unspecified atom stereocenters. The molecular formula is C15H16N2O. The molecule has 1 aromatic carbocycles. The van der Waals surface area contributed by atoms with Crippen molar-refractivity contribution in [3.05, 3.63) is 59.9 Å². The zero-order chi connectivity index (χ0) is 13.0. The molecular weight excluding hydrogens is 224 g/mol. The summed E-state index contributed by atoms with van der Waals surface area (Å²) >= 11 is 0. The summed E-state index contributed by atoms with van der Waals surface area (Å²) in [6.45, 7) is 4.18. The van der Waals surface area contributed by atoms with Gasteiger partial charge >= 0.3 is 0 Å². The number of carbonyl (C=O) groups excluding carboxylic acids is 1. The Bertz CT molecular complexity index is 518. The van der Waals surface area contributed by atoms with Gasteiger partial charge in [0.2, 0.25) is 0 Å². The van der Waals surface area contributed by atoms with Crippen molar-refractivity contribution in [1.82, 2.24) is 4.98 Å². The SMILES string of the molecule is CC(C)c1ccc(NC(=O)c2ccccc2)cn1. The third-order valence-corrected chi connectivity index (χ3v) is 2.67. The monoisotopic (exact) mass is 240 g/mol. The fraction of sp³-hybridized carbons (Fsp3) is 0.200. The Morgan fingerprint density at radius 1 is 1.11 bits per heavy atom. The summed E-state index contributed by atoms with van der Waals surface area (Å²) in [6.07, 6.45) is 1.69. The van der Waals surface area contributed by atoms with Gasteiger partial charge in [-0.15, -0.1) is 0 Å². The van der Waals surface area contributed by atoms with Crippen LogP contribution < -0.4 is 5.32 Å². The Morgan fingerprint density at radius 3 is 2.39 bits per heavy atom. The molecule has 1 aromatic heterocycles. The van der Waals surface area contributed by atoms with Gasteiger partial charge in [0.05, 0.1) is 11.9 Å². The van der Waals surface area contributed by atoms with E-state index < -0.39 is 0 Å². The highest BCUT2D eigenvalue weighted by Crippen LogP contribution is 2.14. The van der Waals surface area contributed by atoms with Crippen LogP contribution in [0.5, 0.6) is 0 Å². The molecule has 0 saturated heterocycles. The highest BCUT2D eigenvalue weighted by molar-refractivity contribution is 6.04. The molecule has 1 amide bonds. The molecule has 0 aliphatic carbocycles. The molecule has 3 heteroatoms. The predicted octanol–water partition coefficient (Wildman–Crippen LogP) is 3.46. The van der Waals surface area contributed by atoms with E-state index in [0.29, 0.717) is 17.2 Å². The molecule has 0 aliphatic heterocycles. The number of hydrogen-bond acceptors (Lipinski definition) is 2. The lowest BCUT2D eigenvalue weighted by Crippen LogP contribution is -2.11. The first kappa shape index (κ1) is 12.3. The van der Waals surface area contributed by atoms with E-state index in [-0.39, 0.29) is 5.91 Å². The Morgan fingerprint density at radius 2 is 1.83 bits per heavy atom. The van der Waals surface area contributed by atoms with Crippen molar-refractivity contribution in [2.75, 3.05) is 5.32 Å². The van der Waals surface area contributed by atoms with Gasteiger partial charge in [0.1, 0.15) is 0 Å². The number of rotatable bonds is 3. The summed E-state index contributed by atoms with van der Waals surface area (Å²) in [6, 6.07) is 12.9. The first-order valence-electron chi connectivity index (χ1n) is 5.99. The minimum atomic E-state index is -0.116. The van der Waals surface area contributed by atoms with Gasteiger partial charge in [-0.1, -0.05) is 32.0 Å². The molecule has 0 spiro atoms. The van der Waals surface area contributed by atoms with E-state index in [2.05, 4.69) is 24.1 Å². The Balaban J connectivity index is 2.08. The summed E-state index contributed by atoms with van der Waals surface area (Å²) in [4.78, 5) is 16.2. The van der Waals surface area contributed by atoms with Crippen molar-refractivity contribution in [2.45, 2.75) is 19.8 Å². The van der Waals surface area contributed by atoms with Crippen LogP contribution >= 0.6 is 0 Å². The molecule has 2 rings (SSSR count). The molecule has 0 bridgehead atoms. The normalized spacial score (nSPS) is 10.4. The van der Waals surface area contributed by atoms with E-state index in [9.17, 15) is 4.79 Å². The van der Waals surface area contributed by atoms with Crippen LogP contribution in [0.3, 0.4) is 0 Å². The largest absolute Gasteiger partial charge is 0.321 e. The summed E-state index contributed by atoms with van der Waals surface area (Å²) < 4.78 is 0. The number of aromatic nitrogens is 1. The lowest BCUT2D eigenvalue weighted by Gasteiger charge is -2.07. The van der Waals surface area contributed by atoms with Gasteiger partial charge < -0.3 is 5.32 Å². The maximum atomic E-state index is 11.9. The van der Waals surface area contributed by atoms with Crippen LogP contribution in [-0.4, -0.2) is 10.9 Å². The van der Waals surface area contributed by atoms with Gasteiger partial charge in [0, 0.05) is 11.3 Å². The predicted molar refractivity (Wildman–Crippen MR) is 72.7 cm³/mol. The highest BCUT2D eigenvalue weighted by Gasteiger charge is 2.06. The van der Waals surface area contributed by atoms with E-state index in [1.807, 2.05) is 30.3 Å². The molecule has 18 heavy (non-hydrogen) atoms. The number of amides is 1. The van der Waals surface area contributed by atoms with Gasteiger partial charge in [-0.25, -0.2) is 0 Å². The summed E-state index contributed by atoms with van der Waals surface area (Å²) in [5, 5.41) is 2.82. The quantitative estimate of drug-likeness (QED) is 0.892. The minimum absolute atomic E-state index is 0.116. The highest BCUT2D eigenvalue weighted by atomic mass is 16.1. The van der Waals surface area contributed by atoms with Gasteiger partial charge in [-0.2, -0.15) is 0 Å². The van der Waals surface area contributed by atoms with Crippen LogP contribution in [0.1, 0.15) is 35.8 Å². The smallest absolute Gasteiger partial charge is 0.255 e. The molecule has 0 fully saturated rings. The second kappa shape index (κ2) is 5.45. The number of nitrogens with one attached hydrogen (secondary N) is 1. The lowest BCUT2D eigenvalue weighted by atomic mass is 10.1. The first-order chi connectivity index (χ1) is 8.66. The Hall–Kier alpha value is -2.16. The number of pyridine rings is 1. The van der Waals surface area contributed by atoms with Crippen LogP contribution in [-0.2, 0) is 0 Å². The second-order valence-electron chi connectivity index (χ2n) is 4.45. The van der Waals surface area contributed by atoms with Crippen LogP contribution in [0.15, 0.2) is 48.7 Å². The van der Waals surface area contributed by atoms with Gasteiger partial charge in [0.15, 0.2) is 0 Å². The zero-order valence-corrected chi connectivity index (χ0v) is 10.6. The lowest BCUT2D eigenvalue weighted by molar-refractivity contribution is 0.102. The van der Waals surface area contributed by atoms with Crippen molar-refractivity contribution in [2.24, 2.45) is 0 Å². The van der Waals surface area contributed by atoms with Crippen molar-refractivity contribution >= 4 is 11.6 Å². The second-order valence-corrected chi connectivity index (χ2v) is 4.45. The molecule has 1 N–H and O–H groups in total. The Labute approximate surface area is 107 Å². The van der Waals surface area contributed by atoms with Crippen LogP contribution in [0, 0.1) is 0 Å². The van der Waals surface area contributed by atoms with Crippen molar-refractivity contribution in [1.29, 1.82) is 0 Å². The Kier molecular flexibility index (Phi) is 3.72. The van der Waals surface area contributed by atoms with Gasteiger partial charge in [-0.3, -0.25) is 9.78 Å². The fourth-order valence-electron chi connectivity index (χ4n) is 1.61. The van der Waals surface area contributed by atoms with Crippen molar-refractivity contribution < 1.29 is 4.79 Å². The minimum Gasteiger partial charge on any atom is -0.321 e. The topological polar surface area (TPSA) is 42.0 Å². The molecule has 0 saturated carbocycles.